The Kier molecular flexibility index (Phi) is 8.10. The summed E-state index contributed by atoms with van der Waals surface area (Å²) in [5, 5.41) is 0. The molecule has 0 aliphatic heterocycles. The summed E-state index contributed by atoms with van der Waals surface area (Å²) in [5.74, 6) is 0.0474. The van der Waals surface area contributed by atoms with Crippen molar-refractivity contribution in [3.8, 4) is 0 Å². The zero-order chi connectivity index (χ0) is 10.8. The molecule has 0 heterocycles. The molecule has 0 atom stereocenters. The molecule has 0 rings (SSSR count). The average Bonchev–Trinajstić information content (AvgIpc) is 2.16. The Morgan fingerprint density at radius 3 is 2.50 bits per heavy atom. The smallest absolute Gasteiger partial charge is 0.198 e. The second-order valence-electron chi connectivity index (χ2n) is 3.45. The minimum absolute atomic E-state index is 0.0474. The molecule has 0 bridgehead atoms. The zero-order valence-electron chi connectivity index (χ0n) is 8.84. The molecule has 0 amide bonds. The van der Waals surface area contributed by atoms with Gasteiger partial charge in [-0.25, -0.2) is 0 Å². The van der Waals surface area contributed by atoms with Crippen molar-refractivity contribution in [1.82, 2.24) is 0 Å². The molecule has 0 aromatic rings. The van der Waals surface area contributed by atoms with Gasteiger partial charge in [0.2, 0.25) is 0 Å². The second-order valence-corrected chi connectivity index (χ2v) is 3.45. The highest BCUT2D eigenvalue weighted by molar-refractivity contribution is 6.00. The number of ketones is 1. The topological polar surface area (TPSA) is 34.1 Å². The summed E-state index contributed by atoms with van der Waals surface area (Å²) in [5.41, 5.74) is 0.598. The third-order valence-corrected chi connectivity index (χ3v) is 1.98. The maximum Gasteiger partial charge on any atom is 0.198 e. The number of Topliss-reactive ketones (excluding diaryl/α,β-unsaturated/α-hetero) is 1. The van der Waals surface area contributed by atoms with Crippen molar-refractivity contribution in [3.05, 3.63) is 18.6 Å². The van der Waals surface area contributed by atoms with Crippen LogP contribution in [0.5, 0.6) is 0 Å². The molecule has 0 fully saturated rings. The highest BCUT2D eigenvalue weighted by Gasteiger charge is 2.01. The van der Waals surface area contributed by atoms with Crippen LogP contribution in [0.25, 0.3) is 0 Å². The van der Waals surface area contributed by atoms with E-state index in [0.29, 0.717) is 12.0 Å². The monoisotopic (exact) mass is 194 g/mol. The second kappa shape index (κ2) is 8.67. The van der Waals surface area contributed by atoms with Crippen LogP contribution in [0.4, 0.5) is 0 Å². The molecule has 2 heteroatoms. The minimum Gasteiger partial charge on any atom is -0.294 e. The molecule has 0 saturated carbocycles. The Hall–Kier alpha value is -0.920. The first-order valence-corrected chi connectivity index (χ1v) is 5.06. The van der Waals surface area contributed by atoms with Crippen molar-refractivity contribution in [1.29, 1.82) is 0 Å². The molecular weight excluding hydrogens is 176 g/mol. The van der Waals surface area contributed by atoms with E-state index in [9.17, 15) is 9.59 Å². The fraction of sp³-hybridized carbons (Fsp3) is 0.583. The van der Waals surface area contributed by atoms with Crippen molar-refractivity contribution in [3.63, 3.8) is 0 Å². The van der Waals surface area contributed by atoms with E-state index >= 15 is 0 Å². The van der Waals surface area contributed by atoms with Crippen molar-refractivity contribution in [2.24, 2.45) is 0 Å². The Balaban J connectivity index is 3.17. The third kappa shape index (κ3) is 7.71. The Bertz CT molecular complexity index is 194. The lowest BCUT2D eigenvalue weighted by Crippen LogP contribution is -1.98. The summed E-state index contributed by atoms with van der Waals surface area (Å²) in [6.07, 6.45) is 8.95. The number of allylic oxidation sites excluding steroid dienone is 1. The number of carbonyl (C=O) groups is 1. The molecule has 0 aliphatic rings. The summed E-state index contributed by atoms with van der Waals surface area (Å²) in [7, 11) is 0. The van der Waals surface area contributed by atoms with Crippen molar-refractivity contribution in [2.75, 3.05) is 0 Å². The van der Waals surface area contributed by atoms with E-state index in [0.717, 1.165) is 32.1 Å². The Morgan fingerprint density at radius 1 is 1.29 bits per heavy atom. The van der Waals surface area contributed by atoms with Crippen LogP contribution in [0.1, 0.15) is 45.4 Å². The van der Waals surface area contributed by atoms with E-state index in [1.807, 2.05) is 6.29 Å². The molecule has 14 heavy (non-hydrogen) atoms. The van der Waals surface area contributed by atoms with Gasteiger partial charge in [0.1, 0.15) is 0 Å². The van der Waals surface area contributed by atoms with Crippen molar-refractivity contribution < 1.29 is 9.59 Å². The van der Waals surface area contributed by atoms with Gasteiger partial charge in [-0.3, -0.25) is 9.59 Å². The standard InChI is InChI=1S/C12H18O2/c1-11(2)12(14)9-7-5-3-4-6-8-10-13/h9H,1,3-8H2,2H3. The maximum absolute atomic E-state index is 11.1. The van der Waals surface area contributed by atoms with Crippen LogP contribution in [-0.2, 0) is 9.59 Å². The molecule has 2 nitrogen and oxygen atoms in total. The molecule has 0 aliphatic carbocycles. The first-order chi connectivity index (χ1) is 6.68. The third-order valence-electron chi connectivity index (χ3n) is 1.98. The number of hydrogen-bond donors (Lipinski definition) is 0. The minimum atomic E-state index is 0.0474. The van der Waals surface area contributed by atoms with Crippen LogP contribution < -0.4 is 0 Å². The molecule has 0 aromatic carbocycles. The van der Waals surface area contributed by atoms with E-state index in [4.69, 9.17) is 0 Å². The Labute approximate surface area is 86.4 Å². The van der Waals surface area contributed by atoms with Crippen LogP contribution in [0.3, 0.4) is 0 Å². The van der Waals surface area contributed by atoms with Crippen LogP contribution in [0.2, 0.25) is 0 Å². The van der Waals surface area contributed by atoms with Gasteiger partial charge in [0, 0.05) is 12.8 Å². The molecule has 78 valence electrons. The van der Waals surface area contributed by atoms with Crippen molar-refractivity contribution in [2.45, 2.75) is 45.4 Å². The summed E-state index contributed by atoms with van der Waals surface area (Å²) in [6, 6.07) is 0. The number of hydrogen-bond acceptors (Lipinski definition) is 2. The summed E-state index contributed by atoms with van der Waals surface area (Å²) in [6.45, 7) is 5.29. The normalized spacial score (nSPS) is 9.79. The van der Waals surface area contributed by atoms with Gasteiger partial charge < -0.3 is 0 Å². The van der Waals surface area contributed by atoms with E-state index in [1.54, 1.807) is 13.3 Å². The number of rotatable bonds is 9. The SMILES string of the molecule is C=C(C)C(=O)[CH]CCCCCC[C]=O. The van der Waals surface area contributed by atoms with Gasteiger partial charge in [0.05, 0.1) is 0 Å². The first kappa shape index (κ1) is 13.1. The van der Waals surface area contributed by atoms with E-state index in [1.165, 1.54) is 0 Å². The van der Waals surface area contributed by atoms with E-state index < -0.39 is 0 Å². The fourth-order valence-electron chi connectivity index (χ4n) is 1.10. The highest BCUT2D eigenvalue weighted by atomic mass is 16.1. The summed E-state index contributed by atoms with van der Waals surface area (Å²) in [4.78, 5) is 20.9. The van der Waals surface area contributed by atoms with Crippen molar-refractivity contribution >= 4 is 12.1 Å². The van der Waals surface area contributed by atoms with Crippen LogP contribution >= 0.6 is 0 Å². The van der Waals surface area contributed by atoms with Gasteiger partial charge in [-0.15, -0.1) is 0 Å². The summed E-state index contributed by atoms with van der Waals surface area (Å²) < 4.78 is 0. The van der Waals surface area contributed by atoms with Crippen LogP contribution in [-0.4, -0.2) is 12.1 Å². The van der Waals surface area contributed by atoms with E-state index in [-0.39, 0.29) is 5.78 Å². The van der Waals surface area contributed by atoms with Gasteiger partial charge in [-0.05, 0) is 25.3 Å². The van der Waals surface area contributed by atoms with Gasteiger partial charge in [0.25, 0.3) is 0 Å². The quantitative estimate of drug-likeness (QED) is 0.418. The molecule has 0 unspecified atom stereocenters. The highest BCUT2D eigenvalue weighted by Crippen LogP contribution is 2.07. The van der Waals surface area contributed by atoms with Gasteiger partial charge in [-0.2, -0.15) is 0 Å². The van der Waals surface area contributed by atoms with Crippen LogP contribution in [0.15, 0.2) is 12.2 Å². The van der Waals surface area contributed by atoms with Gasteiger partial charge >= 0.3 is 0 Å². The average molecular weight is 194 g/mol. The lowest BCUT2D eigenvalue weighted by molar-refractivity contribution is -0.112. The lowest BCUT2D eigenvalue weighted by atomic mass is 10.1. The van der Waals surface area contributed by atoms with Crippen LogP contribution in [0, 0.1) is 6.42 Å². The fourth-order valence-corrected chi connectivity index (χ4v) is 1.10. The lowest BCUT2D eigenvalue weighted by Gasteiger charge is -1.99. The molecule has 0 aromatic heterocycles. The molecular formula is C12H18O2. The molecule has 0 spiro atoms. The zero-order valence-corrected chi connectivity index (χ0v) is 8.84. The molecule has 0 N–H and O–H groups in total. The molecule has 0 saturated heterocycles. The first-order valence-electron chi connectivity index (χ1n) is 5.06. The number of unbranched alkanes of at least 4 members (excludes halogenated alkanes) is 5. The molecule has 2 radical (unpaired) electrons. The van der Waals surface area contributed by atoms with Gasteiger partial charge in [-0.1, -0.05) is 25.8 Å². The largest absolute Gasteiger partial charge is 0.294 e. The predicted octanol–water partition coefficient (Wildman–Crippen LogP) is 2.79. The number of carbonyl (C=O) groups excluding carboxylic acids is 2. The van der Waals surface area contributed by atoms with Gasteiger partial charge in [0.15, 0.2) is 12.1 Å². The maximum atomic E-state index is 11.1. The Morgan fingerprint density at radius 2 is 1.93 bits per heavy atom. The predicted molar refractivity (Wildman–Crippen MR) is 57.5 cm³/mol. The van der Waals surface area contributed by atoms with E-state index in [2.05, 4.69) is 6.58 Å². The summed E-state index contributed by atoms with van der Waals surface area (Å²) >= 11 is 0.